The Kier molecular flexibility index (Phi) is 3.25. The minimum absolute atomic E-state index is 0.244. The Labute approximate surface area is 77.9 Å². The first kappa shape index (κ1) is 9.99. The molecule has 0 aliphatic carbocycles. The van der Waals surface area contributed by atoms with Crippen LogP contribution in [0.15, 0.2) is 18.2 Å². The molecule has 0 aliphatic heterocycles. The molecule has 0 fully saturated rings. The van der Waals surface area contributed by atoms with E-state index in [4.69, 9.17) is 5.73 Å². The second-order valence-electron chi connectivity index (χ2n) is 3.35. The molecule has 1 aromatic carbocycles. The molecule has 0 atom stereocenters. The number of hydrogen-bond acceptors (Lipinski definition) is 2. The van der Waals surface area contributed by atoms with Gasteiger partial charge in [-0.2, -0.15) is 0 Å². The number of halogens is 1. The third-order valence-electron chi connectivity index (χ3n) is 1.65. The summed E-state index contributed by atoms with van der Waals surface area (Å²) in [5.74, 6) is -0.244. The first-order valence-electron chi connectivity index (χ1n) is 4.38. The molecule has 72 valence electrons. The van der Waals surface area contributed by atoms with Crippen molar-refractivity contribution in [1.29, 1.82) is 0 Å². The molecule has 0 saturated carbocycles. The molecule has 2 nitrogen and oxygen atoms in total. The van der Waals surface area contributed by atoms with Crippen LogP contribution in [-0.2, 0) is 6.54 Å². The first-order chi connectivity index (χ1) is 6.11. The largest absolute Gasteiger partial charge is 0.383 e. The summed E-state index contributed by atoms with van der Waals surface area (Å²) < 4.78 is 13.0. The van der Waals surface area contributed by atoms with Gasteiger partial charge in [0.15, 0.2) is 0 Å². The highest BCUT2D eigenvalue weighted by molar-refractivity contribution is 5.46. The number of nitrogens with one attached hydrogen (secondary N) is 1. The fourth-order valence-corrected chi connectivity index (χ4v) is 1.18. The summed E-state index contributed by atoms with van der Waals surface area (Å²) in [7, 11) is 0. The molecular formula is C10H15FN2. The molecule has 0 saturated heterocycles. The molecule has 0 bridgehead atoms. The van der Waals surface area contributed by atoms with E-state index in [0.717, 1.165) is 11.3 Å². The normalized spacial score (nSPS) is 10.5. The van der Waals surface area contributed by atoms with Gasteiger partial charge >= 0.3 is 0 Å². The van der Waals surface area contributed by atoms with Gasteiger partial charge in [0.05, 0.1) is 0 Å². The predicted molar refractivity (Wildman–Crippen MR) is 53.1 cm³/mol. The van der Waals surface area contributed by atoms with Gasteiger partial charge in [-0.1, -0.05) is 0 Å². The summed E-state index contributed by atoms with van der Waals surface area (Å²) in [6.07, 6.45) is 0. The Balaban J connectivity index is 2.88. The van der Waals surface area contributed by atoms with E-state index in [-0.39, 0.29) is 5.82 Å². The number of anilines is 1. The number of hydrogen-bond donors (Lipinski definition) is 2. The molecule has 1 rings (SSSR count). The zero-order valence-electron chi connectivity index (χ0n) is 7.97. The van der Waals surface area contributed by atoms with Crippen LogP contribution in [0.3, 0.4) is 0 Å². The van der Waals surface area contributed by atoms with Crippen molar-refractivity contribution in [2.45, 2.75) is 26.4 Å². The lowest BCUT2D eigenvalue weighted by Gasteiger charge is -2.11. The second-order valence-corrected chi connectivity index (χ2v) is 3.35. The Bertz CT molecular complexity index is 284. The van der Waals surface area contributed by atoms with Crippen molar-refractivity contribution in [3.05, 3.63) is 29.6 Å². The van der Waals surface area contributed by atoms with E-state index in [0.29, 0.717) is 12.6 Å². The van der Waals surface area contributed by atoms with E-state index in [1.165, 1.54) is 12.1 Å². The van der Waals surface area contributed by atoms with E-state index in [1.807, 2.05) is 19.9 Å². The van der Waals surface area contributed by atoms with E-state index in [1.54, 1.807) is 0 Å². The van der Waals surface area contributed by atoms with Crippen molar-refractivity contribution in [1.82, 2.24) is 0 Å². The SMILES string of the molecule is CC(C)Nc1cc(F)cc(CN)c1. The molecule has 13 heavy (non-hydrogen) atoms. The van der Waals surface area contributed by atoms with Gasteiger partial charge in [0.2, 0.25) is 0 Å². The number of nitrogens with two attached hydrogens (primary N) is 1. The highest BCUT2D eigenvalue weighted by Gasteiger charge is 2.00. The monoisotopic (exact) mass is 182 g/mol. The van der Waals surface area contributed by atoms with Crippen LogP contribution < -0.4 is 11.1 Å². The molecule has 0 aromatic heterocycles. The third kappa shape index (κ3) is 3.03. The van der Waals surface area contributed by atoms with Gasteiger partial charge in [-0.25, -0.2) is 4.39 Å². The molecule has 0 radical (unpaired) electrons. The molecule has 1 aromatic rings. The molecule has 0 aliphatic rings. The lowest BCUT2D eigenvalue weighted by atomic mass is 10.2. The van der Waals surface area contributed by atoms with Crippen molar-refractivity contribution in [3.8, 4) is 0 Å². The van der Waals surface area contributed by atoms with Crippen LogP contribution in [-0.4, -0.2) is 6.04 Å². The fourth-order valence-electron chi connectivity index (χ4n) is 1.18. The number of benzene rings is 1. The molecule has 0 unspecified atom stereocenters. The lowest BCUT2D eigenvalue weighted by Crippen LogP contribution is -2.10. The van der Waals surface area contributed by atoms with E-state index in [9.17, 15) is 4.39 Å². The minimum Gasteiger partial charge on any atom is -0.383 e. The first-order valence-corrected chi connectivity index (χ1v) is 4.38. The zero-order valence-corrected chi connectivity index (χ0v) is 7.97. The summed E-state index contributed by atoms with van der Waals surface area (Å²) in [4.78, 5) is 0. The van der Waals surface area contributed by atoms with Crippen molar-refractivity contribution in [2.24, 2.45) is 5.73 Å². The smallest absolute Gasteiger partial charge is 0.125 e. The minimum atomic E-state index is -0.244. The van der Waals surface area contributed by atoms with Crippen LogP contribution in [0.25, 0.3) is 0 Å². The number of rotatable bonds is 3. The average molecular weight is 182 g/mol. The van der Waals surface area contributed by atoms with Crippen LogP contribution >= 0.6 is 0 Å². The third-order valence-corrected chi connectivity index (χ3v) is 1.65. The Morgan fingerprint density at radius 1 is 1.38 bits per heavy atom. The molecule has 3 N–H and O–H groups in total. The van der Waals surface area contributed by atoms with Crippen LogP contribution in [0.1, 0.15) is 19.4 Å². The highest BCUT2D eigenvalue weighted by atomic mass is 19.1. The van der Waals surface area contributed by atoms with E-state index in [2.05, 4.69) is 5.32 Å². The molecule has 0 amide bonds. The van der Waals surface area contributed by atoms with Crippen molar-refractivity contribution in [3.63, 3.8) is 0 Å². The van der Waals surface area contributed by atoms with Crippen LogP contribution in [0.4, 0.5) is 10.1 Å². The summed E-state index contributed by atoms with van der Waals surface area (Å²) in [5.41, 5.74) is 7.02. The van der Waals surface area contributed by atoms with E-state index >= 15 is 0 Å². The predicted octanol–water partition coefficient (Wildman–Crippen LogP) is 2.10. The van der Waals surface area contributed by atoms with Crippen molar-refractivity contribution in [2.75, 3.05) is 5.32 Å². The van der Waals surface area contributed by atoms with Gasteiger partial charge in [-0.3, -0.25) is 0 Å². The second kappa shape index (κ2) is 4.23. The van der Waals surface area contributed by atoms with Crippen LogP contribution in [0, 0.1) is 5.82 Å². The molecule has 0 spiro atoms. The molecular weight excluding hydrogens is 167 g/mol. The van der Waals surface area contributed by atoms with Gasteiger partial charge in [0, 0.05) is 18.3 Å². The van der Waals surface area contributed by atoms with Gasteiger partial charge in [-0.05, 0) is 37.6 Å². The standard InChI is InChI=1S/C10H15FN2/c1-7(2)13-10-4-8(6-12)3-9(11)5-10/h3-5,7,13H,6,12H2,1-2H3. The molecule has 0 heterocycles. The van der Waals surface area contributed by atoms with Crippen LogP contribution in [0.2, 0.25) is 0 Å². The Morgan fingerprint density at radius 3 is 2.62 bits per heavy atom. The highest BCUT2D eigenvalue weighted by Crippen LogP contribution is 2.14. The van der Waals surface area contributed by atoms with Gasteiger partial charge < -0.3 is 11.1 Å². The van der Waals surface area contributed by atoms with Gasteiger partial charge in [0.25, 0.3) is 0 Å². The maximum absolute atomic E-state index is 13.0. The van der Waals surface area contributed by atoms with Crippen molar-refractivity contribution < 1.29 is 4.39 Å². The topological polar surface area (TPSA) is 38.0 Å². The Hall–Kier alpha value is -1.09. The van der Waals surface area contributed by atoms with E-state index < -0.39 is 0 Å². The fraction of sp³-hybridized carbons (Fsp3) is 0.400. The summed E-state index contributed by atoms with van der Waals surface area (Å²) >= 11 is 0. The molecule has 3 heteroatoms. The summed E-state index contributed by atoms with van der Waals surface area (Å²) in [6, 6.07) is 5.08. The quantitative estimate of drug-likeness (QED) is 0.751. The summed E-state index contributed by atoms with van der Waals surface area (Å²) in [6.45, 7) is 4.38. The Morgan fingerprint density at radius 2 is 2.08 bits per heavy atom. The van der Waals surface area contributed by atoms with Crippen LogP contribution in [0.5, 0.6) is 0 Å². The zero-order chi connectivity index (χ0) is 9.84. The van der Waals surface area contributed by atoms with Crippen molar-refractivity contribution >= 4 is 5.69 Å². The average Bonchev–Trinajstić information content (AvgIpc) is 2.01. The lowest BCUT2D eigenvalue weighted by molar-refractivity contribution is 0.625. The van der Waals surface area contributed by atoms with Gasteiger partial charge in [-0.15, -0.1) is 0 Å². The maximum Gasteiger partial charge on any atom is 0.125 e. The van der Waals surface area contributed by atoms with Gasteiger partial charge in [0.1, 0.15) is 5.82 Å². The summed E-state index contributed by atoms with van der Waals surface area (Å²) in [5, 5.41) is 3.12. The maximum atomic E-state index is 13.0.